The Balaban J connectivity index is 0.914. The lowest BCUT2D eigenvalue weighted by Gasteiger charge is -2.20. The summed E-state index contributed by atoms with van der Waals surface area (Å²) in [7, 11) is 0. The highest BCUT2D eigenvalue weighted by Gasteiger charge is 2.56. The molecule has 50 heavy (non-hydrogen) atoms. The summed E-state index contributed by atoms with van der Waals surface area (Å²) < 4.78 is 11.4. The van der Waals surface area contributed by atoms with Crippen LogP contribution in [0.3, 0.4) is 0 Å². The van der Waals surface area contributed by atoms with E-state index in [4.69, 9.17) is 9.47 Å². The highest BCUT2D eigenvalue weighted by molar-refractivity contribution is 5.69. The molecule has 4 unspecified atom stereocenters. The molecule has 4 aliphatic rings. The van der Waals surface area contributed by atoms with Crippen LogP contribution in [-0.2, 0) is 25.9 Å². The van der Waals surface area contributed by atoms with Gasteiger partial charge < -0.3 is 9.47 Å². The normalized spacial score (nSPS) is 25.0. The van der Waals surface area contributed by atoms with Crippen LogP contribution < -0.4 is 9.47 Å². The summed E-state index contributed by atoms with van der Waals surface area (Å²) in [5.74, 6) is 3.13. The predicted octanol–water partition coefficient (Wildman–Crippen LogP) is 6.92. The monoisotopic (exact) mass is 674 g/mol. The van der Waals surface area contributed by atoms with Gasteiger partial charge in [-0.25, -0.2) is 4.79 Å². The lowest BCUT2D eigenvalue weighted by molar-refractivity contribution is -0.385. The average molecular weight is 675 g/mol. The number of nitro groups is 2. The molecule has 0 spiro atoms. The van der Waals surface area contributed by atoms with Gasteiger partial charge in [0.25, 0.3) is 11.4 Å². The van der Waals surface area contributed by atoms with Crippen LogP contribution in [0.1, 0.15) is 22.3 Å². The third-order valence-electron chi connectivity index (χ3n) is 11.2. The molecule has 0 bridgehead atoms. The van der Waals surface area contributed by atoms with Gasteiger partial charge in [-0.1, -0.05) is 60.7 Å². The van der Waals surface area contributed by atoms with E-state index in [0.29, 0.717) is 59.5 Å². The molecule has 2 saturated heterocycles. The summed E-state index contributed by atoms with van der Waals surface area (Å²) in [4.78, 5) is 40.5. The van der Waals surface area contributed by atoms with Crippen LogP contribution in [0.4, 0.5) is 16.2 Å². The summed E-state index contributed by atoms with van der Waals surface area (Å²) in [6.45, 7) is 5.66. The SMILES string of the molecule is O=C(Oc1ccc([N+](=O)[O-])cc1CC1C2CN(Cc3ccccc3)CC12)Oc1ccc([N+](=O)[O-])cc1CC1C2CN(Cc3ccccc3)CC12. The van der Waals surface area contributed by atoms with Crippen LogP contribution in [0.25, 0.3) is 0 Å². The summed E-state index contributed by atoms with van der Waals surface area (Å²) >= 11 is 0. The summed E-state index contributed by atoms with van der Waals surface area (Å²) in [5, 5.41) is 23.3. The topological polar surface area (TPSA) is 128 Å². The van der Waals surface area contributed by atoms with Gasteiger partial charge in [-0.2, -0.15) is 0 Å². The number of rotatable bonds is 12. The van der Waals surface area contributed by atoms with Crippen LogP contribution in [-0.4, -0.2) is 52.0 Å². The number of non-ortho nitro benzene ring substituents is 2. The minimum Gasteiger partial charge on any atom is -0.394 e. The lowest BCUT2D eigenvalue weighted by Crippen LogP contribution is -2.24. The maximum atomic E-state index is 13.2. The number of nitro benzene ring substituents is 2. The number of benzene rings is 4. The molecule has 0 amide bonds. The molecule has 4 aromatic carbocycles. The van der Waals surface area contributed by atoms with Crippen molar-refractivity contribution in [2.75, 3.05) is 26.2 Å². The van der Waals surface area contributed by atoms with Crippen LogP contribution in [0, 0.1) is 55.7 Å². The molecular formula is C39H38N4O7. The molecule has 0 N–H and O–H groups in total. The molecule has 0 radical (unpaired) electrons. The van der Waals surface area contributed by atoms with Crippen molar-refractivity contribution in [1.82, 2.24) is 9.80 Å². The molecule has 4 fully saturated rings. The van der Waals surface area contributed by atoms with Crippen molar-refractivity contribution in [3.8, 4) is 11.5 Å². The van der Waals surface area contributed by atoms with Gasteiger partial charge in [0.05, 0.1) is 9.85 Å². The Labute approximate surface area is 289 Å². The Hall–Kier alpha value is -5.13. The first-order chi connectivity index (χ1) is 24.3. The number of ether oxygens (including phenoxy) is 2. The predicted molar refractivity (Wildman–Crippen MR) is 185 cm³/mol. The Morgan fingerprint density at radius 3 is 1.34 bits per heavy atom. The van der Waals surface area contributed by atoms with Gasteiger partial charge >= 0.3 is 6.16 Å². The van der Waals surface area contributed by atoms with Crippen molar-refractivity contribution in [1.29, 1.82) is 0 Å². The number of carbonyl (C=O) groups is 1. The first kappa shape index (κ1) is 32.1. The van der Waals surface area contributed by atoms with Crippen molar-refractivity contribution in [2.45, 2.75) is 25.9 Å². The maximum Gasteiger partial charge on any atom is 0.519 e. The smallest absolute Gasteiger partial charge is 0.394 e. The second-order valence-corrected chi connectivity index (χ2v) is 14.3. The molecule has 0 aromatic heterocycles. The highest BCUT2D eigenvalue weighted by atomic mass is 16.7. The molecule has 2 aliphatic heterocycles. The van der Waals surface area contributed by atoms with Gasteiger partial charge in [-0.05, 0) is 71.6 Å². The van der Waals surface area contributed by atoms with E-state index in [1.165, 1.54) is 47.5 Å². The van der Waals surface area contributed by atoms with Gasteiger partial charge in [-0.3, -0.25) is 30.0 Å². The van der Waals surface area contributed by atoms with Gasteiger partial charge in [0.1, 0.15) is 11.5 Å². The van der Waals surface area contributed by atoms with E-state index in [1.807, 2.05) is 36.4 Å². The van der Waals surface area contributed by atoms with Crippen LogP contribution in [0.2, 0.25) is 0 Å². The minimum atomic E-state index is -0.981. The quantitative estimate of drug-likeness (QED) is 0.0681. The summed E-state index contributed by atoms with van der Waals surface area (Å²) in [6, 6.07) is 29.3. The number of hydrogen-bond acceptors (Lipinski definition) is 9. The fourth-order valence-electron chi connectivity index (χ4n) is 8.61. The largest absolute Gasteiger partial charge is 0.519 e. The lowest BCUT2D eigenvalue weighted by atomic mass is 10.0. The third kappa shape index (κ3) is 6.83. The fraction of sp³-hybridized carbons (Fsp3) is 0.359. The molecule has 4 aromatic rings. The number of hydrogen-bond donors (Lipinski definition) is 0. The van der Waals surface area contributed by atoms with Gasteiger partial charge in [0.15, 0.2) is 0 Å². The zero-order valence-electron chi connectivity index (χ0n) is 27.5. The van der Waals surface area contributed by atoms with E-state index >= 15 is 0 Å². The van der Waals surface area contributed by atoms with E-state index in [9.17, 15) is 25.0 Å². The molecule has 8 rings (SSSR count). The molecule has 2 heterocycles. The standard InChI is InChI=1S/C39H38N4O7/c44-39(49-37-13-11-29(42(45)46)15-27(37)17-31-33-21-40(22-34(31)33)19-25-7-3-1-4-8-25)50-38-14-12-30(43(47)48)16-28(38)18-32-35-23-41(24-36(32)35)20-26-9-5-2-6-10-26/h1-16,31-36H,17-24H2. The highest BCUT2D eigenvalue weighted by Crippen LogP contribution is 2.55. The molecule has 2 saturated carbocycles. The van der Waals surface area contributed by atoms with Crippen LogP contribution in [0.5, 0.6) is 11.5 Å². The van der Waals surface area contributed by atoms with Gasteiger partial charge in [0.2, 0.25) is 0 Å². The Kier molecular flexibility index (Phi) is 8.54. The van der Waals surface area contributed by atoms with Crippen molar-refractivity contribution < 1.29 is 24.1 Å². The van der Waals surface area contributed by atoms with Gasteiger partial charge in [0, 0.05) is 74.7 Å². The Morgan fingerprint density at radius 2 is 0.980 bits per heavy atom. The van der Waals surface area contributed by atoms with E-state index in [2.05, 4.69) is 34.1 Å². The average Bonchev–Trinajstić information content (AvgIpc) is 3.74. The summed E-state index contributed by atoms with van der Waals surface area (Å²) in [5.41, 5.74) is 3.62. The Morgan fingerprint density at radius 1 is 0.600 bits per heavy atom. The minimum absolute atomic E-state index is 0.0628. The number of likely N-dealkylation sites (tertiary alicyclic amines) is 2. The van der Waals surface area contributed by atoms with Crippen molar-refractivity contribution in [3.63, 3.8) is 0 Å². The summed E-state index contributed by atoms with van der Waals surface area (Å²) in [6.07, 6.45) is 0.144. The zero-order valence-corrected chi connectivity index (χ0v) is 27.5. The molecule has 256 valence electrons. The van der Waals surface area contributed by atoms with Crippen LogP contribution >= 0.6 is 0 Å². The van der Waals surface area contributed by atoms with E-state index in [0.717, 1.165) is 39.3 Å². The number of carbonyl (C=O) groups excluding carboxylic acids is 1. The second-order valence-electron chi connectivity index (χ2n) is 14.3. The zero-order chi connectivity index (χ0) is 34.4. The number of fused-ring (bicyclic) bond motifs is 2. The number of nitrogens with zero attached hydrogens (tertiary/aromatic N) is 4. The van der Waals surface area contributed by atoms with E-state index < -0.39 is 16.0 Å². The van der Waals surface area contributed by atoms with E-state index in [1.54, 1.807) is 0 Å². The first-order valence-corrected chi connectivity index (χ1v) is 17.3. The van der Waals surface area contributed by atoms with Crippen molar-refractivity contribution in [3.05, 3.63) is 140 Å². The van der Waals surface area contributed by atoms with Gasteiger partial charge in [-0.15, -0.1) is 0 Å². The second kappa shape index (κ2) is 13.3. The van der Waals surface area contributed by atoms with Crippen LogP contribution in [0.15, 0.2) is 97.1 Å². The van der Waals surface area contributed by atoms with Crippen molar-refractivity contribution >= 4 is 17.5 Å². The van der Waals surface area contributed by atoms with Crippen molar-refractivity contribution in [2.24, 2.45) is 35.5 Å². The molecular weight excluding hydrogens is 636 g/mol. The molecule has 4 atom stereocenters. The third-order valence-corrected chi connectivity index (χ3v) is 11.2. The molecule has 11 heteroatoms. The molecule has 2 aliphatic carbocycles. The number of piperidine rings is 2. The fourth-order valence-corrected chi connectivity index (χ4v) is 8.61. The molecule has 11 nitrogen and oxygen atoms in total. The first-order valence-electron chi connectivity index (χ1n) is 17.3. The van der Waals surface area contributed by atoms with E-state index in [-0.39, 0.29) is 22.9 Å². The Bertz CT molecular complexity index is 1760. The maximum absolute atomic E-state index is 13.2.